The van der Waals surface area contributed by atoms with Crippen molar-refractivity contribution >= 4 is 5.78 Å². The van der Waals surface area contributed by atoms with Crippen molar-refractivity contribution in [3.8, 4) is 0 Å². The summed E-state index contributed by atoms with van der Waals surface area (Å²) in [6, 6.07) is 0.473. The van der Waals surface area contributed by atoms with Gasteiger partial charge in [0.2, 0.25) is 0 Å². The molecular formula is C14H25N2ORb. The van der Waals surface area contributed by atoms with Gasteiger partial charge in [-0.15, -0.1) is 6.04 Å². The molecule has 0 bridgehead atoms. The summed E-state index contributed by atoms with van der Waals surface area (Å²) in [7, 11) is 2.20. The zero-order chi connectivity index (χ0) is 12.5. The number of carbonyl (C=O) groups is 1. The van der Waals surface area contributed by atoms with Gasteiger partial charge >= 0.3 is 58.2 Å². The summed E-state index contributed by atoms with van der Waals surface area (Å²) in [6.07, 6.45) is 5.11. The van der Waals surface area contributed by atoms with Gasteiger partial charge in [0, 0.05) is 5.92 Å². The van der Waals surface area contributed by atoms with Crippen LogP contribution in [0.3, 0.4) is 0 Å². The van der Waals surface area contributed by atoms with Crippen LogP contribution in [0.15, 0.2) is 0 Å². The number of hydrogen-bond donors (Lipinski definition) is 0. The van der Waals surface area contributed by atoms with Crippen LogP contribution < -0.4 is 58.2 Å². The first-order valence-electron chi connectivity index (χ1n) is 6.89. The Labute approximate surface area is 160 Å². The summed E-state index contributed by atoms with van der Waals surface area (Å²) in [5.41, 5.74) is 0.585. The Morgan fingerprint density at radius 3 is 2.39 bits per heavy atom. The maximum atomic E-state index is 11.5. The number of likely N-dealkylation sites (tertiary alicyclic amines) is 1. The Balaban J connectivity index is 0.00000162. The van der Waals surface area contributed by atoms with Gasteiger partial charge in [-0.3, -0.25) is 0 Å². The Hall–Kier alpha value is 1.40. The van der Waals surface area contributed by atoms with E-state index < -0.39 is 0 Å². The molecule has 0 radical (unpaired) electrons. The summed E-state index contributed by atoms with van der Waals surface area (Å²) in [5, 5.41) is 4.56. The molecule has 0 aromatic rings. The third-order valence-electron chi connectivity index (χ3n) is 4.53. The van der Waals surface area contributed by atoms with Crippen molar-refractivity contribution in [3.05, 3.63) is 5.32 Å². The molecule has 2 rings (SSSR count). The predicted molar refractivity (Wildman–Crippen MR) is 70.3 cm³/mol. The molecule has 2 fully saturated rings. The number of carbonyl (C=O) groups excluding carboxylic acids is 1. The first-order valence-corrected chi connectivity index (χ1v) is 6.89. The molecule has 3 nitrogen and oxygen atoms in total. The maximum absolute atomic E-state index is 11.5. The number of piperidine rings is 1. The van der Waals surface area contributed by atoms with Gasteiger partial charge in [0.25, 0.3) is 0 Å². The molecule has 2 aliphatic rings. The molecular weight excluding hydrogens is 298 g/mol. The van der Waals surface area contributed by atoms with Crippen LogP contribution >= 0.6 is 0 Å². The molecule has 18 heavy (non-hydrogen) atoms. The van der Waals surface area contributed by atoms with E-state index in [1.165, 1.54) is 38.8 Å². The second kappa shape index (κ2) is 7.42. The van der Waals surface area contributed by atoms with E-state index in [1.807, 2.05) is 13.8 Å². The summed E-state index contributed by atoms with van der Waals surface area (Å²) >= 11 is 0. The zero-order valence-corrected chi connectivity index (χ0v) is 17.3. The molecule has 1 saturated carbocycles. The molecule has 4 heteroatoms. The topological polar surface area (TPSA) is 34.4 Å². The van der Waals surface area contributed by atoms with Gasteiger partial charge in [-0.05, 0) is 38.4 Å². The summed E-state index contributed by atoms with van der Waals surface area (Å²) in [5.74, 6) is 0.422. The summed E-state index contributed by atoms with van der Waals surface area (Å²) in [6.45, 7) is 6.82. The molecule has 1 aliphatic heterocycles. The minimum absolute atomic E-state index is 0. The minimum Gasteiger partial charge on any atom is -0.653 e. The van der Waals surface area contributed by atoms with Crippen LogP contribution in [0.5, 0.6) is 0 Å². The van der Waals surface area contributed by atoms with E-state index in [0.717, 1.165) is 0 Å². The fraction of sp³-hybridized carbons (Fsp3) is 0.929. The smallest absolute Gasteiger partial charge is 0.653 e. The van der Waals surface area contributed by atoms with E-state index in [9.17, 15) is 4.79 Å². The number of ketones is 1. The average Bonchev–Trinajstić information content (AvgIpc) is 2.25. The molecule has 0 aromatic carbocycles. The Bertz CT molecular complexity index is 278. The standard InChI is InChI=1S/C14H25N2O.Rb/c1-11(2)13(17)10-15-12-8-14(9-12)4-6-16(3)7-5-14;/h11-12H,4-10H2,1-3H3;/q-1;+1. The van der Waals surface area contributed by atoms with E-state index in [1.54, 1.807) is 0 Å². The van der Waals surface area contributed by atoms with Crippen LogP contribution in [0.2, 0.25) is 0 Å². The molecule has 0 N–H and O–H groups in total. The molecule has 0 unspecified atom stereocenters. The number of Topliss-reactive ketones (excluding diaryl/α,β-unsaturated/α-hetero) is 1. The second-order valence-electron chi connectivity index (χ2n) is 6.33. The number of rotatable bonds is 4. The van der Waals surface area contributed by atoms with Gasteiger partial charge < -0.3 is 15.0 Å². The monoisotopic (exact) mass is 322 g/mol. The zero-order valence-electron chi connectivity index (χ0n) is 12.4. The van der Waals surface area contributed by atoms with E-state index >= 15 is 0 Å². The van der Waals surface area contributed by atoms with E-state index in [0.29, 0.717) is 18.0 Å². The van der Waals surface area contributed by atoms with Crippen molar-refractivity contribution in [1.29, 1.82) is 0 Å². The van der Waals surface area contributed by atoms with Gasteiger partial charge in [-0.1, -0.05) is 33.2 Å². The van der Waals surface area contributed by atoms with E-state index in [-0.39, 0.29) is 69.9 Å². The van der Waals surface area contributed by atoms with Crippen LogP contribution in [0.4, 0.5) is 0 Å². The first-order chi connectivity index (χ1) is 8.01. The predicted octanol–water partition coefficient (Wildman–Crippen LogP) is -0.536. The van der Waals surface area contributed by atoms with Gasteiger partial charge in [-0.25, -0.2) is 0 Å². The van der Waals surface area contributed by atoms with Gasteiger partial charge in [0.15, 0.2) is 0 Å². The third-order valence-corrected chi connectivity index (χ3v) is 4.53. The summed E-state index contributed by atoms with van der Waals surface area (Å²) < 4.78 is 0. The van der Waals surface area contributed by atoms with Gasteiger partial charge in [0.05, 0.1) is 0 Å². The van der Waals surface area contributed by atoms with Gasteiger partial charge in [-0.2, -0.15) is 0 Å². The molecule has 1 saturated heterocycles. The van der Waals surface area contributed by atoms with E-state index in [2.05, 4.69) is 17.3 Å². The Morgan fingerprint density at radius 1 is 1.33 bits per heavy atom. The van der Waals surface area contributed by atoms with Crippen molar-refractivity contribution in [1.82, 2.24) is 4.90 Å². The van der Waals surface area contributed by atoms with Crippen LogP contribution in [-0.4, -0.2) is 43.4 Å². The molecule has 1 heterocycles. The van der Waals surface area contributed by atoms with Crippen molar-refractivity contribution in [2.24, 2.45) is 11.3 Å². The van der Waals surface area contributed by atoms with Crippen LogP contribution in [0.1, 0.15) is 39.5 Å². The molecule has 0 aromatic heterocycles. The van der Waals surface area contributed by atoms with Crippen LogP contribution in [-0.2, 0) is 4.79 Å². The molecule has 1 spiro atoms. The summed E-state index contributed by atoms with van der Waals surface area (Å²) in [4.78, 5) is 13.9. The van der Waals surface area contributed by atoms with Crippen LogP contribution in [0, 0.1) is 11.3 Å². The van der Waals surface area contributed by atoms with E-state index in [4.69, 9.17) is 0 Å². The average molecular weight is 323 g/mol. The minimum atomic E-state index is 0. The second-order valence-corrected chi connectivity index (χ2v) is 6.33. The molecule has 0 atom stereocenters. The SMILES string of the molecule is CC(C)C(=O)C[N-]C1CC2(CCN(C)CC2)C1.[Rb+]. The fourth-order valence-corrected chi connectivity index (χ4v) is 2.97. The van der Waals surface area contributed by atoms with Crippen molar-refractivity contribution in [2.75, 3.05) is 26.7 Å². The first kappa shape index (κ1) is 17.4. The molecule has 1 aliphatic carbocycles. The quantitative estimate of drug-likeness (QED) is 0.697. The normalized spacial score (nSPS) is 23.8. The van der Waals surface area contributed by atoms with Crippen molar-refractivity contribution in [3.63, 3.8) is 0 Å². The molecule has 98 valence electrons. The Kier molecular flexibility index (Phi) is 7.19. The molecule has 0 amide bonds. The number of nitrogens with zero attached hydrogens (tertiary/aromatic N) is 2. The number of hydrogen-bond acceptors (Lipinski definition) is 2. The maximum Gasteiger partial charge on any atom is 1.00 e. The largest absolute Gasteiger partial charge is 1.00 e. The fourth-order valence-electron chi connectivity index (χ4n) is 2.97. The third kappa shape index (κ3) is 4.46. The van der Waals surface area contributed by atoms with Crippen LogP contribution in [0.25, 0.3) is 5.32 Å². The van der Waals surface area contributed by atoms with Crippen molar-refractivity contribution in [2.45, 2.75) is 45.6 Å². The van der Waals surface area contributed by atoms with Crippen molar-refractivity contribution < 1.29 is 63.0 Å². The Morgan fingerprint density at radius 2 is 1.89 bits per heavy atom. The van der Waals surface area contributed by atoms with Gasteiger partial charge in [0.1, 0.15) is 5.78 Å².